The van der Waals surface area contributed by atoms with Crippen LogP contribution >= 0.6 is 0 Å². The number of rotatable bonds is 5. The Morgan fingerprint density at radius 1 is 1.26 bits per heavy atom. The number of hydrogen-bond acceptors (Lipinski definition) is 2. The summed E-state index contributed by atoms with van der Waals surface area (Å²) in [4.78, 5) is 0. The first-order valence-electron chi connectivity index (χ1n) is 7.45. The van der Waals surface area contributed by atoms with Crippen molar-refractivity contribution in [2.75, 3.05) is 19.5 Å². The summed E-state index contributed by atoms with van der Waals surface area (Å²) in [6.07, 6.45) is 7.68. The van der Waals surface area contributed by atoms with Crippen LogP contribution in [0.2, 0.25) is 0 Å². The lowest BCUT2D eigenvalue weighted by Crippen LogP contribution is -2.29. The van der Waals surface area contributed by atoms with Crippen molar-refractivity contribution in [1.82, 2.24) is 0 Å². The van der Waals surface area contributed by atoms with Crippen LogP contribution in [-0.4, -0.2) is 13.7 Å². The van der Waals surface area contributed by atoms with Gasteiger partial charge in [0, 0.05) is 12.8 Å². The van der Waals surface area contributed by atoms with Crippen LogP contribution in [-0.2, 0) is 11.2 Å². The number of hydrogen-bond donors (Lipinski definition) is 1. The quantitative estimate of drug-likeness (QED) is 0.812. The molecule has 2 N–H and O–H groups in total. The monoisotopic (exact) mass is 261 g/mol. The van der Waals surface area contributed by atoms with Gasteiger partial charge >= 0.3 is 0 Å². The first-order valence-corrected chi connectivity index (χ1v) is 7.45. The number of anilines is 1. The van der Waals surface area contributed by atoms with Crippen LogP contribution in [0, 0.1) is 11.3 Å². The van der Waals surface area contributed by atoms with Crippen molar-refractivity contribution >= 4 is 5.69 Å². The molecule has 0 atom stereocenters. The first kappa shape index (κ1) is 14.4. The summed E-state index contributed by atoms with van der Waals surface area (Å²) in [6, 6.07) is 8.26. The Bertz CT molecular complexity index is 394. The van der Waals surface area contributed by atoms with E-state index in [1.54, 1.807) is 0 Å². The maximum atomic E-state index is 6.00. The smallest absolute Gasteiger partial charge is 0.0515 e. The van der Waals surface area contributed by atoms with Crippen molar-refractivity contribution in [2.45, 2.75) is 45.4 Å². The molecule has 1 aromatic rings. The summed E-state index contributed by atoms with van der Waals surface area (Å²) in [5, 5.41) is 0. The van der Waals surface area contributed by atoms with E-state index in [0.29, 0.717) is 5.41 Å². The van der Waals surface area contributed by atoms with Crippen molar-refractivity contribution in [3.8, 4) is 0 Å². The van der Waals surface area contributed by atoms with Gasteiger partial charge in [-0.1, -0.05) is 25.1 Å². The highest BCUT2D eigenvalue weighted by Gasteiger charge is 2.30. The normalized spacial score (nSPS) is 27.4. The Kier molecular flexibility index (Phi) is 4.87. The summed E-state index contributed by atoms with van der Waals surface area (Å²) in [5.41, 5.74) is 8.68. The molecule has 106 valence electrons. The number of methoxy groups -OCH3 is 1. The van der Waals surface area contributed by atoms with E-state index >= 15 is 0 Å². The third kappa shape index (κ3) is 3.97. The van der Waals surface area contributed by atoms with Crippen LogP contribution in [0.15, 0.2) is 24.3 Å². The Balaban J connectivity index is 1.79. The molecule has 2 rings (SSSR count). The fourth-order valence-corrected chi connectivity index (χ4v) is 3.28. The van der Waals surface area contributed by atoms with Crippen molar-refractivity contribution in [1.29, 1.82) is 0 Å². The van der Waals surface area contributed by atoms with Gasteiger partial charge in [-0.3, -0.25) is 0 Å². The van der Waals surface area contributed by atoms with Crippen LogP contribution in [0.4, 0.5) is 5.69 Å². The molecule has 1 aromatic carbocycles. The second-order valence-corrected chi connectivity index (χ2v) is 6.42. The SMILES string of the molecule is COCC1(C)CCC(CCc2ccccc2N)CC1. The van der Waals surface area contributed by atoms with E-state index in [9.17, 15) is 0 Å². The van der Waals surface area contributed by atoms with Crippen LogP contribution in [0.5, 0.6) is 0 Å². The molecule has 0 amide bonds. The Morgan fingerprint density at radius 2 is 1.95 bits per heavy atom. The van der Waals surface area contributed by atoms with Crippen molar-refractivity contribution in [3.63, 3.8) is 0 Å². The zero-order valence-corrected chi connectivity index (χ0v) is 12.3. The Hall–Kier alpha value is -1.02. The molecule has 0 aliphatic heterocycles. The Morgan fingerprint density at radius 3 is 2.58 bits per heavy atom. The molecule has 0 radical (unpaired) electrons. The average molecular weight is 261 g/mol. The van der Waals surface area contributed by atoms with Crippen molar-refractivity contribution in [2.24, 2.45) is 11.3 Å². The molecule has 0 aromatic heterocycles. The molecule has 1 fully saturated rings. The lowest BCUT2D eigenvalue weighted by atomic mass is 9.71. The van der Waals surface area contributed by atoms with Crippen LogP contribution in [0.3, 0.4) is 0 Å². The molecule has 1 aliphatic carbocycles. The zero-order chi connectivity index (χ0) is 13.7. The summed E-state index contributed by atoms with van der Waals surface area (Å²) < 4.78 is 5.35. The zero-order valence-electron chi connectivity index (χ0n) is 12.3. The van der Waals surface area contributed by atoms with Crippen molar-refractivity contribution in [3.05, 3.63) is 29.8 Å². The minimum absolute atomic E-state index is 0.414. The minimum Gasteiger partial charge on any atom is -0.399 e. The van der Waals surface area contributed by atoms with E-state index in [-0.39, 0.29) is 0 Å². The number of benzene rings is 1. The van der Waals surface area contributed by atoms with Gasteiger partial charge < -0.3 is 10.5 Å². The van der Waals surface area contributed by atoms with E-state index in [1.807, 2.05) is 19.2 Å². The van der Waals surface area contributed by atoms with Gasteiger partial charge in [0.15, 0.2) is 0 Å². The summed E-state index contributed by atoms with van der Waals surface area (Å²) >= 11 is 0. The van der Waals surface area contributed by atoms with E-state index < -0.39 is 0 Å². The lowest BCUT2D eigenvalue weighted by Gasteiger charge is -2.37. The summed E-state index contributed by atoms with van der Waals surface area (Å²) in [7, 11) is 1.81. The van der Waals surface area contributed by atoms with Gasteiger partial charge in [-0.2, -0.15) is 0 Å². The van der Waals surface area contributed by atoms with E-state index in [2.05, 4.69) is 19.1 Å². The van der Waals surface area contributed by atoms with Crippen molar-refractivity contribution < 1.29 is 4.74 Å². The van der Waals surface area contributed by atoms with Gasteiger partial charge in [0.2, 0.25) is 0 Å². The molecule has 19 heavy (non-hydrogen) atoms. The second-order valence-electron chi connectivity index (χ2n) is 6.42. The molecule has 0 bridgehead atoms. The lowest BCUT2D eigenvalue weighted by molar-refractivity contribution is 0.0484. The number of para-hydroxylation sites is 1. The highest BCUT2D eigenvalue weighted by Crippen LogP contribution is 2.40. The Labute approximate surface area is 117 Å². The molecule has 0 saturated heterocycles. The van der Waals surface area contributed by atoms with Crippen LogP contribution in [0.25, 0.3) is 0 Å². The molecular weight excluding hydrogens is 234 g/mol. The molecule has 2 nitrogen and oxygen atoms in total. The fraction of sp³-hybridized carbons (Fsp3) is 0.647. The highest BCUT2D eigenvalue weighted by atomic mass is 16.5. The topological polar surface area (TPSA) is 35.2 Å². The maximum absolute atomic E-state index is 6.00. The average Bonchev–Trinajstić information content (AvgIpc) is 2.40. The van der Waals surface area contributed by atoms with Gasteiger partial charge in [0.25, 0.3) is 0 Å². The summed E-state index contributed by atoms with van der Waals surface area (Å²) in [5.74, 6) is 0.865. The number of nitrogens with two attached hydrogens (primary N) is 1. The largest absolute Gasteiger partial charge is 0.399 e. The van der Waals surface area contributed by atoms with Gasteiger partial charge in [-0.05, 0) is 61.5 Å². The number of nitrogen functional groups attached to an aromatic ring is 1. The molecule has 0 unspecified atom stereocenters. The van der Waals surface area contributed by atoms with E-state index in [0.717, 1.165) is 24.6 Å². The minimum atomic E-state index is 0.414. The van der Waals surface area contributed by atoms with E-state index in [4.69, 9.17) is 10.5 Å². The fourth-order valence-electron chi connectivity index (χ4n) is 3.28. The molecule has 1 aliphatic rings. The first-order chi connectivity index (χ1) is 9.13. The molecule has 1 saturated carbocycles. The third-order valence-corrected chi connectivity index (χ3v) is 4.68. The highest BCUT2D eigenvalue weighted by molar-refractivity contribution is 5.46. The number of aryl methyl sites for hydroxylation is 1. The number of ether oxygens (including phenoxy) is 1. The van der Waals surface area contributed by atoms with Gasteiger partial charge in [-0.25, -0.2) is 0 Å². The van der Waals surface area contributed by atoms with Crippen LogP contribution in [0.1, 0.15) is 44.6 Å². The maximum Gasteiger partial charge on any atom is 0.0515 e. The predicted molar refractivity (Wildman–Crippen MR) is 81.1 cm³/mol. The second kappa shape index (κ2) is 6.42. The standard InChI is InChI=1S/C17H27NO/c1-17(13-19-2)11-9-14(10-12-17)7-8-15-5-3-4-6-16(15)18/h3-6,14H,7-13,18H2,1-2H3. The molecule has 2 heteroatoms. The molecule has 0 heterocycles. The van der Waals surface area contributed by atoms with Gasteiger partial charge in [0.1, 0.15) is 0 Å². The molecular formula is C17H27NO. The summed E-state index contributed by atoms with van der Waals surface area (Å²) in [6.45, 7) is 3.27. The molecule has 0 spiro atoms. The van der Waals surface area contributed by atoms with E-state index in [1.165, 1.54) is 37.7 Å². The third-order valence-electron chi connectivity index (χ3n) is 4.68. The predicted octanol–water partition coefficient (Wildman–Crippen LogP) is 4.04. The van der Waals surface area contributed by atoms with Crippen LogP contribution < -0.4 is 5.73 Å². The van der Waals surface area contributed by atoms with Gasteiger partial charge in [-0.15, -0.1) is 0 Å². The van der Waals surface area contributed by atoms with Gasteiger partial charge in [0.05, 0.1) is 6.61 Å².